The first-order valence-corrected chi connectivity index (χ1v) is 8.39. The third-order valence-corrected chi connectivity index (χ3v) is 5.31. The molecule has 0 saturated carbocycles. The third-order valence-electron chi connectivity index (χ3n) is 3.22. The molecule has 1 saturated heterocycles. The van der Waals surface area contributed by atoms with Crippen molar-refractivity contribution in [1.29, 1.82) is 0 Å². The summed E-state index contributed by atoms with van der Waals surface area (Å²) in [5, 5.41) is 1.53. The molecule has 0 spiro atoms. The minimum atomic E-state index is -0.222. The van der Waals surface area contributed by atoms with Gasteiger partial charge in [-0.1, -0.05) is 40.9 Å². The van der Waals surface area contributed by atoms with E-state index in [1.807, 2.05) is 12.1 Å². The molecule has 2 aromatic carbocycles. The molecule has 0 bridgehead atoms. The highest BCUT2D eigenvalue weighted by molar-refractivity contribution is 8.00. The molecule has 1 fully saturated rings. The topological polar surface area (TPSA) is 20.3 Å². The summed E-state index contributed by atoms with van der Waals surface area (Å²) in [6.45, 7) is 0. The molecule has 1 amide bonds. The number of hydrogen-bond donors (Lipinski definition) is 0. The van der Waals surface area contributed by atoms with Gasteiger partial charge >= 0.3 is 0 Å². The molecule has 0 aliphatic carbocycles. The van der Waals surface area contributed by atoms with Gasteiger partial charge < -0.3 is 0 Å². The Morgan fingerprint density at radius 3 is 2.24 bits per heavy atom. The fourth-order valence-electron chi connectivity index (χ4n) is 2.27. The van der Waals surface area contributed by atoms with E-state index in [1.54, 1.807) is 35.2 Å². The molecule has 0 unspecified atom stereocenters. The first-order valence-electron chi connectivity index (χ1n) is 6.21. The van der Waals surface area contributed by atoms with Crippen molar-refractivity contribution in [3.63, 3.8) is 0 Å². The van der Waals surface area contributed by atoms with E-state index in [0.717, 1.165) is 11.3 Å². The lowest BCUT2D eigenvalue weighted by Gasteiger charge is -2.25. The van der Waals surface area contributed by atoms with Crippen molar-refractivity contribution >= 4 is 58.2 Å². The summed E-state index contributed by atoms with van der Waals surface area (Å²) >= 11 is 20.0. The number of nitrogens with zero attached hydrogens (tertiary/aromatic N) is 1. The molecule has 0 N–H and O–H groups in total. The normalized spacial score (nSPS) is 18.3. The molecule has 1 atom stereocenters. The van der Waals surface area contributed by atoms with Crippen LogP contribution in [0.1, 0.15) is 10.9 Å². The lowest BCUT2D eigenvalue weighted by molar-refractivity contribution is -0.115. The molecule has 1 aliphatic heterocycles. The molecule has 21 heavy (non-hydrogen) atoms. The molecule has 1 aliphatic rings. The standard InChI is InChI=1S/C15H10Cl3NOS/c16-9-4-6-10(7-5-9)19-13(20)8-21-15(19)14-11(17)2-1-3-12(14)18/h1-7,15H,8H2/t15-/m0/s1. The Hall–Kier alpha value is -0.870. The Labute approximate surface area is 142 Å². The molecule has 2 nitrogen and oxygen atoms in total. The number of halogens is 3. The van der Waals surface area contributed by atoms with Gasteiger partial charge in [0.1, 0.15) is 5.37 Å². The van der Waals surface area contributed by atoms with Gasteiger partial charge in [0.2, 0.25) is 5.91 Å². The van der Waals surface area contributed by atoms with E-state index in [-0.39, 0.29) is 11.3 Å². The van der Waals surface area contributed by atoms with Gasteiger partial charge in [-0.2, -0.15) is 0 Å². The Morgan fingerprint density at radius 1 is 1.00 bits per heavy atom. The second-order valence-electron chi connectivity index (χ2n) is 4.54. The van der Waals surface area contributed by atoms with Crippen molar-refractivity contribution in [1.82, 2.24) is 0 Å². The lowest BCUT2D eigenvalue weighted by atomic mass is 10.2. The first-order chi connectivity index (χ1) is 10.1. The van der Waals surface area contributed by atoms with E-state index in [2.05, 4.69) is 0 Å². The Bertz CT molecular complexity index is 670. The van der Waals surface area contributed by atoms with Crippen molar-refractivity contribution in [2.75, 3.05) is 10.7 Å². The second-order valence-corrected chi connectivity index (χ2v) is 6.86. The predicted octanol–water partition coefficient (Wildman–Crippen LogP) is 5.43. The summed E-state index contributed by atoms with van der Waals surface area (Å²) in [5.41, 5.74) is 1.56. The molecule has 0 aromatic heterocycles. The summed E-state index contributed by atoms with van der Waals surface area (Å²) in [5.74, 6) is 0.429. The number of benzene rings is 2. The van der Waals surface area contributed by atoms with Crippen LogP contribution in [0.3, 0.4) is 0 Å². The molecule has 108 valence electrons. The number of carbonyl (C=O) groups is 1. The summed E-state index contributed by atoms with van der Waals surface area (Å²) < 4.78 is 0. The SMILES string of the molecule is O=C1CS[C@@H](c2c(Cl)cccc2Cl)N1c1ccc(Cl)cc1. The Kier molecular flexibility index (Phi) is 4.36. The maximum absolute atomic E-state index is 12.3. The smallest absolute Gasteiger partial charge is 0.238 e. The zero-order valence-electron chi connectivity index (χ0n) is 10.7. The number of carbonyl (C=O) groups excluding carboxylic acids is 1. The second kappa shape index (κ2) is 6.09. The Balaban J connectivity index is 2.05. The van der Waals surface area contributed by atoms with Crippen LogP contribution in [0.4, 0.5) is 5.69 Å². The van der Waals surface area contributed by atoms with Crippen molar-refractivity contribution in [2.24, 2.45) is 0 Å². The zero-order chi connectivity index (χ0) is 15.0. The number of amides is 1. The quantitative estimate of drug-likeness (QED) is 0.714. The van der Waals surface area contributed by atoms with Gasteiger partial charge in [0.05, 0.1) is 5.75 Å². The van der Waals surface area contributed by atoms with E-state index in [0.29, 0.717) is 20.8 Å². The highest BCUT2D eigenvalue weighted by Gasteiger charge is 2.36. The van der Waals surface area contributed by atoms with Gasteiger partial charge in [-0.05, 0) is 36.4 Å². The number of hydrogen-bond acceptors (Lipinski definition) is 2. The fourth-order valence-corrected chi connectivity index (χ4v) is 4.37. The molecule has 2 aromatic rings. The fraction of sp³-hybridized carbons (Fsp3) is 0.133. The van der Waals surface area contributed by atoms with Gasteiger partial charge in [0.25, 0.3) is 0 Å². The van der Waals surface area contributed by atoms with Gasteiger partial charge in [-0.15, -0.1) is 11.8 Å². The van der Waals surface area contributed by atoms with E-state index >= 15 is 0 Å². The highest BCUT2D eigenvalue weighted by atomic mass is 35.5. The predicted molar refractivity (Wildman–Crippen MR) is 90.6 cm³/mol. The number of anilines is 1. The van der Waals surface area contributed by atoms with Crippen LogP contribution in [-0.2, 0) is 4.79 Å². The molecule has 3 rings (SSSR count). The minimum absolute atomic E-state index is 0.0308. The zero-order valence-corrected chi connectivity index (χ0v) is 13.8. The van der Waals surface area contributed by atoms with E-state index < -0.39 is 0 Å². The Morgan fingerprint density at radius 2 is 1.62 bits per heavy atom. The summed E-state index contributed by atoms with van der Waals surface area (Å²) in [7, 11) is 0. The number of rotatable bonds is 2. The largest absolute Gasteiger partial charge is 0.295 e. The average molecular weight is 359 g/mol. The van der Waals surface area contributed by atoms with Crippen LogP contribution in [-0.4, -0.2) is 11.7 Å². The van der Waals surface area contributed by atoms with Gasteiger partial charge in [0, 0.05) is 26.3 Å². The van der Waals surface area contributed by atoms with Crippen molar-refractivity contribution in [2.45, 2.75) is 5.37 Å². The van der Waals surface area contributed by atoms with Crippen LogP contribution in [0.15, 0.2) is 42.5 Å². The molecule has 1 heterocycles. The maximum atomic E-state index is 12.3. The number of thioether (sulfide) groups is 1. The summed E-state index contributed by atoms with van der Waals surface area (Å²) in [4.78, 5) is 14.0. The van der Waals surface area contributed by atoms with Crippen LogP contribution in [0.2, 0.25) is 15.1 Å². The van der Waals surface area contributed by atoms with Crippen LogP contribution >= 0.6 is 46.6 Å². The molecule has 0 radical (unpaired) electrons. The van der Waals surface area contributed by atoms with E-state index in [4.69, 9.17) is 34.8 Å². The third kappa shape index (κ3) is 2.88. The lowest BCUT2D eigenvalue weighted by Crippen LogP contribution is -2.28. The summed E-state index contributed by atoms with van der Waals surface area (Å²) in [6, 6.07) is 12.5. The highest BCUT2D eigenvalue weighted by Crippen LogP contribution is 2.46. The van der Waals surface area contributed by atoms with Crippen LogP contribution < -0.4 is 4.90 Å². The van der Waals surface area contributed by atoms with E-state index in [1.165, 1.54) is 11.8 Å². The summed E-state index contributed by atoms with van der Waals surface area (Å²) in [6.07, 6.45) is 0. The molecule has 6 heteroatoms. The van der Waals surface area contributed by atoms with Crippen molar-refractivity contribution in [3.8, 4) is 0 Å². The van der Waals surface area contributed by atoms with Gasteiger partial charge in [-0.25, -0.2) is 0 Å². The van der Waals surface area contributed by atoms with Crippen LogP contribution in [0.5, 0.6) is 0 Å². The monoisotopic (exact) mass is 357 g/mol. The van der Waals surface area contributed by atoms with Crippen molar-refractivity contribution in [3.05, 3.63) is 63.1 Å². The van der Waals surface area contributed by atoms with Crippen LogP contribution in [0, 0.1) is 0 Å². The van der Waals surface area contributed by atoms with Gasteiger partial charge in [0.15, 0.2) is 0 Å². The minimum Gasteiger partial charge on any atom is -0.295 e. The average Bonchev–Trinajstić information content (AvgIpc) is 2.82. The molecular formula is C15H10Cl3NOS. The molecular weight excluding hydrogens is 349 g/mol. The maximum Gasteiger partial charge on any atom is 0.238 e. The van der Waals surface area contributed by atoms with Gasteiger partial charge in [-0.3, -0.25) is 9.69 Å². The van der Waals surface area contributed by atoms with Crippen molar-refractivity contribution < 1.29 is 4.79 Å². The van der Waals surface area contributed by atoms with Crippen LogP contribution in [0.25, 0.3) is 0 Å². The van der Waals surface area contributed by atoms with E-state index in [9.17, 15) is 4.79 Å². The first kappa shape index (κ1) is 15.0.